The Morgan fingerprint density at radius 1 is 0.925 bits per heavy atom. The highest BCUT2D eigenvalue weighted by molar-refractivity contribution is 6.39. The van der Waals surface area contributed by atoms with Gasteiger partial charge in [-0.05, 0) is 103 Å². The molecule has 3 atom stereocenters. The number of fused-ring (bicyclic) bond motifs is 7. The largest absolute Gasteiger partial charge is 0.496 e. The van der Waals surface area contributed by atoms with Gasteiger partial charge in [0.1, 0.15) is 42.4 Å². The number of aromatic nitrogens is 4. The van der Waals surface area contributed by atoms with Crippen molar-refractivity contribution in [3.8, 4) is 40.3 Å². The number of ether oxygens (including phenoxy) is 6. The van der Waals surface area contributed by atoms with Crippen molar-refractivity contribution in [2.75, 3.05) is 53.5 Å². The Morgan fingerprint density at radius 3 is 2.43 bits per heavy atom. The average molecular weight is 969 g/mol. The summed E-state index contributed by atoms with van der Waals surface area (Å²) in [5.41, 5.74) is 5.38. The minimum Gasteiger partial charge on any atom is -0.496 e. The number of para-hydroxylation sites is 1. The van der Waals surface area contributed by atoms with Gasteiger partial charge in [0.2, 0.25) is 6.29 Å². The molecule has 0 aliphatic carbocycles. The van der Waals surface area contributed by atoms with Gasteiger partial charge in [-0.25, -0.2) is 19.3 Å². The highest BCUT2D eigenvalue weighted by Gasteiger charge is 2.45. The number of alkyl halides is 1. The number of hydrogen-bond donors (Lipinski definition) is 0. The van der Waals surface area contributed by atoms with E-state index in [0.29, 0.717) is 102 Å². The van der Waals surface area contributed by atoms with Crippen LogP contribution in [-0.2, 0) is 22.6 Å². The van der Waals surface area contributed by atoms with E-state index >= 15 is 0 Å². The maximum Gasteiger partial charge on any atom is 0.296 e. The van der Waals surface area contributed by atoms with Gasteiger partial charge in [0.25, 0.3) is 23.5 Å². The van der Waals surface area contributed by atoms with Crippen LogP contribution < -0.4 is 28.3 Å². The van der Waals surface area contributed by atoms with Gasteiger partial charge in [-0.1, -0.05) is 47.5 Å². The molecule has 4 aromatic carbocycles. The molecule has 4 bridgehead atoms. The van der Waals surface area contributed by atoms with Crippen LogP contribution in [0.3, 0.4) is 0 Å². The third-order valence-corrected chi connectivity index (χ3v) is 13.5. The Bertz CT molecular complexity index is 2820. The number of carbonyl (C=O) groups is 1. The molecule has 346 valence electrons. The van der Waals surface area contributed by atoms with Crippen molar-refractivity contribution >= 4 is 52.4 Å². The van der Waals surface area contributed by atoms with Gasteiger partial charge >= 0.3 is 0 Å². The summed E-state index contributed by atoms with van der Waals surface area (Å²) in [5, 5.41) is 0.592. The summed E-state index contributed by atoms with van der Waals surface area (Å²) < 4.78 is 54.0. The Hall–Kier alpha value is -6.03. The number of halogens is 4. The number of benzene rings is 4. The lowest BCUT2D eigenvalue weighted by molar-refractivity contribution is -0.688. The van der Waals surface area contributed by atoms with Crippen LogP contribution in [0.25, 0.3) is 22.5 Å². The molecule has 0 spiro atoms. The minimum absolute atomic E-state index is 0.00304. The van der Waals surface area contributed by atoms with Gasteiger partial charge in [-0.2, -0.15) is 4.57 Å². The van der Waals surface area contributed by atoms with Gasteiger partial charge in [0.15, 0.2) is 17.8 Å². The quantitative estimate of drug-likeness (QED) is 0.0742. The Kier molecular flexibility index (Phi) is 13.8. The number of likely N-dealkylation sites (N-methyl/N-ethyl adjacent to an activating group) is 1. The van der Waals surface area contributed by atoms with Crippen molar-refractivity contribution in [2.45, 2.75) is 44.8 Å². The van der Waals surface area contributed by atoms with Gasteiger partial charge in [0, 0.05) is 44.5 Å². The maximum atomic E-state index is 14.5. The first-order chi connectivity index (χ1) is 32.5. The van der Waals surface area contributed by atoms with Crippen LogP contribution in [0.1, 0.15) is 44.7 Å². The Morgan fingerprint density at radius 2 is 1.69 bits per heavy atom. The lowest BCUT2D eigenvalue weighted by Crippen LogP contribution is -2.49. The molecule has 1 saturated heterocycles. The number of methoxy groups -OCH3 is 1. The third kappa shape index (κ3) is 9.59. The molecular weight excluding hydrogens is 922 g/mol. The first-order valence-corrected chi connectivity index (χ1v) is 22.9. The fourth-order valence-corrected chi connectivity index (χ4v) is 9.62. The molecule has 4 aliphatic heterocycles. The molecule has 0 saturated carbocycles. The van der Waals surface area contributed by atoms with Crippen LogP contribution in [0, 0.1) is 19.7 Å². The molecule has 17 heteroatoms. The first kappa shape index (κ1) is 46.1. The van der Waals surface area contributed by atoms with Gasteiger partial charge in [-0.15, -0.1) is 0 Å². The van der Waals surface area contributed by atoms with Crippen LogP contribution >= 0.6 is 34.8 Å². The van der Waals surface area contributed by atoms with E-state index < -0.39 is 23.7 Å². The van der Waals surface area contributed by atoms with Crippen molar-refractivity contribution in [1.29, 1.82) is 0 Å². The first-order valence-electron chi connectivity index (χ1n) is 21.7. The van der Waals surface area contributed by atoms with Crippen LogP contribution in [0.2, 0.25) is 10.0 Å². The molecule has 67 heavy (non-hydrogen) atoms. The molecule has 1 fully saturated rings. The molecule has 6 heterocycles. The fourth-order valence-electron chi connectivity index (χ4n) is 8.71. The topological polar surface area (TPSA) is 121 Å². The number of carbonyl (C=O) groups excluding carboxylic acids is 1. The maximum absolute atomic E-state index is 14.5. The van der Waals surface area contributed by atoms with E-state index in [4.69, 9.17) is 73.2 Å². The summed E-state index contributed by atoms with van der Waals surface area (Å²) in [4.78, 5) is 30.9. The van der Waals surface area contributed by atoms with E-state index in [0.717, 1.165) is 31.7 Å². The van der Waals surface area contributed by atoms with Crippen LogP contribution in [0.4, 0.5) is 4.39 Å². The molecule has 0 N–H and O–H groups in total. The monoisotopic (exact) mass is 967 g/mol. The smallest absolute Gasteiger partial charge is 0.296 e. The highest BCUT2D eigenvalue weighted by atomic mass is 35.5. The average Bonchev–Trinajstić information content (AvgIpc) is 3.63. The normalized spacial score (nSPS) is 18.6. The van der Waals surface area contributed by atoms with Crippen molar-refractivity contribution in [3.63, 3.8) is 0 Å². The van der Waals surface area contributed by atoms with Crippen molar-refractivity contribution in [1.82, 2.24) is 24.8 Å². The predicted octanol–water partition coefficient (Wildman–Crippen LogP) is 8.69. The summed E-state index contributed by atoms with van der Waals surface area (Å²) in [5.74, 6) is 2.07. The van der Waals surface area contributed by atoms with E-state index in [-0.39, 0.29) is 25.5 Å². The summed E-state index contributed by atoms with van der Waals surface area (Å²) in [7, 11) is 3.71. The number of rotatable bonds is 10. The van der Waals surface area contributed by atoms with Crippen molar-refractivity contribution in [2.24, 2.45) is 0 Å². The predicted molar refractivity (Wildman–Crippen MR) is 251 cm³/mol. The van der Waals surface area contributed by atoms with E-state index in [1.807, 2.05) is 44.2 Å². The lowest BCUT2D eigenvalue weighted by atomic mass is 9.88. The number of piperazine rings is 1. The van der Waals surface area contributed by atoms with Gasteiger partial charge in [0.05, 0.1) is 52.2 Å². The van der Waals surface area contributed by atoms with Gasteiger partial charge < -0.3 is 33.3 Å². The Balaban J connectivity index is 1.16. The molecule has 4 aliphatic rings. The van der Waals surface area contributed by atoms with Gasteiger partial charge in [-0.3, -0.25) is 9.69 Å². The summed E-state index contributed by atoms with van der Waals surface area (Å²) in [6.07, 6.45) is 3.17. The summed E-state index contributed by atoms with van der Waals surface area (Å²) in [6.45, 7) is 8.29. The van der Waals surface area contributed by atoms with E-state index in [2.05, 4.69) is 21.8 Å². The zero-order chi connectivity index (χ0) is 46.8. The molecule has 0 amide bonds. The fraction of sp³-hybridized carbons (Fsp3) is 0.300. The second kappa shape index (κ2) is 20.1. The molecule has 6 aromatic rings. The molecule has 13 nitrogen and oxygen atoms in total. The van der Waals surface area contributed by atoms with Crippen LogP contribution in [0.15, 0.2) is 91.4 Å². The highest BCUT2D eigenvalue weighted by Crippen LogP contribution is 2.51. The molecule has 0 radical (unpaired) electrons. The Labute approximate surface area is 402 Å². The zero-order valence-corrected chi connectivity index (χ0v) is 39.4. The number of allylic oxidation sites excluding steroid dienone is 1. The third-order valence-electron chi connectivity index (χ3n) is 12.2. The minimum atomic E-state index is -1.24. The van der Waals surface area contributed by atoms with Crippen LogP contribution in [-0.4, -0.2) is 97.1 Å². The van der Waals surface area contributed by atoms with Crippen molar-refractivity contribution in [3.05, 3.63) is 146 Å². The van der Waals surface area contributed by atoms with Crippen molar-refractivity contribution < 1.29 is 42.2 Å². The standard InChI is InChI=1S/C50H47Cl3FN6O7/c1-29-41-30(2)45(52)47(44(29)51)66-36(25-59-21-19-58(3)20-22-59)27-63-35-13-14-38(64-26-34-15-16-55-49(57-34)37-7-5-6-8-39(37)62-4)32(23-35)24-40(65-28-61)67-50-46-43(41)42(31-9-11-33(54)12-10-31)48(53)60(46)18-17-56-50/h5-18,23,28,36,40,48H,19-22,24-27H2,1-4H3/q+1/t36-,40-,48?/m1/s1. The molecule has 1 unspecified atom stereocenters. The van der Waals surface area contributed by atoms with Crippen LogP contribution in [0.5, 0.6) is 28.9 Å². The number of nitrogens with zero attached hydrogens (tertiary/aromatic N) is 6. The molecular formula is C50H47Cl3FN6O7+. The summed E-state index contributed by atoms with van der Waals surface area (Å²) >= 11 is 22.1. The second-order valence-electron chi connectivity index (χ2n) is 16.5. The second-order valence-corrected chi connectivity index (χ2v) is 17.6. The molecule has 10 rings (SSSR count). The SMILES string of the molecule is COc1ccccc1-c1nccc(COc2ccc3cc2C[C@H](OC=O)Oc2ncc[n+]4c2C(=C(c2ccc(F)cc2)C4Cl)c2c(C)c(Cl)c(c(Cl)c2C)O[C@H](CN2CCN(C)CC2)CO3)n1. The lowest BCUT2D eigenvalue weighted by Gasteiger charge is -2.35. The molecule has 2 aromatic heterocycles. The van der Waals surface area contributed by atoms with E-state index in [1.54, 1.807) is 60.6 Å². The number of hydrogen-bond acceptors (Lipinski definition) is 12. The summed E-state index contributed by atoms with van der Waals surface area (Å²) in [6, 6.07) is 20.8. The zero-order valence-electron chi connectivity index (χ0n) is 37.2. The van der Waals surface area contributed by atoms with E-state index in [9.17, 15) is 9.18 Å². The van der Waals surface area contributed by atoms with E-state index in [1.165, 1.54) is 12.1 Å².